The molecule has 1 fully saturated rings. The molecule has 1 aliphatic rings. The SMILES string of the molecule is Cc1ccccc1NS(=O)(=O)c1ccc(N2C(=O)CCS2(=O)=O)cc1C. The van der Waals surface area contributed by atoms with Gasteiger partial charge in [0, 0.05) is 6.42 Å². The molecule has 0 bridgehead atoms. The summed E-state index contributed by atoms with van der Waals surface area (Å²) in [7, 11) is -7.54. The molecule has 9 heteroatoms. The first-order chi connectivity index (χ1) is 12.1. The molecule has 3 rings (SSSR count). The largest absolute Gasteiger partial charge is 0.279 e. The fourth-order valence-corrected chi connectivity index (χ4v) is 5.63. The van der Waals surface area contributed by atoms with E-state index in [-0.39, 0.29) is 22.8 Å². The van der Waals surface area contributed by atoms with Crippen LogP contribution in [0.3, 0.4) is 0 Å². The monoisotopic (exact) mass is 394 g/mol. The first-order valence-electron chi connectivity index (χ1n) is 7.87. The lowest BCUT2D eigenvalue weighted by molar-refractivity contribution is -0.116. The molecule has 7 nitrogen and oxygen atoms in total. The Kier molecular flexibility index (Phi) is 4.53. The van der Waals surface area contributed by atoms with Gasteiger partial charge in [0.05, 0.1) is 22.0 Å². The van der Waals surface area contributed by atoms with Crippen molar-refractivity contribution in [3.05, 3.63) is 53.6 Å². The van der Waals surface area contributed by atoms with Crippen LogP contribution in [-0.2, 0) is 24.8 Å². The fraction of sp³-hybridized carbons (Fsp3) is 0.235. The summed E-state index contributed by atoms with van der Waals surface area (Å²) in [6, 6.07) is 11.0. The zero-order valence-electron chi connectivity index (χ0n) is 14.3. The molecular weight excluding hydrogens is 376 g/mol. The van der Waals surface area contributed by atoms with E-state index in [2.05, 4.69) is 4.72 Å². The van der Waals surface area contributed by atoms with Gasteiger partial charge in [-0.05, 0) is 49.2 Å². The summed E-state index contributed by atoms with van der Waals surface area (Å²) in [5.74, 6) is -0.752. The number of hydrogen-bond acceptors (Lipinski definition) is 5. The Labute approximate surface area is 152 Å². The molecule has 1 N–H and O–H groups in total. The lowest BCUT2D eigenvalue weighted by Crippen LogP contribution is -2.29. The van der Waals surface area contributed by atoms with Gasteiger partial charge in [-0.25, -0.2) is 21.1 Å². The second kappa shape index (κ2) is 6.40. The Morgan fingerprint density at radius 2 is 1.73 bits per heavy atom. The van der Waals surface area contributed by atoms with E-state index in [0.29, 0.717) is 11.3 Å². The van der Waals surface area contributed by atoms with Crippen LogP contribution >= 0.6 is 0 Å². The van der Waals surface area contributed by atoms with Gasteiger partial charge in [-0.3, -0.25) is 9.52 Å². The average molecular weight is 394 g/mol. The standard InChI is InChI=1S/C17H18N2O5S2/c1-12-5-3-4-6-15(12)18-26(23,24)16-8-7-14(11-13(16)2)19-17(20)9-10-25(19,21)22/h3-8,11,18H,9-10H2,1-2H3. The zero-order valence-corrected chi connectivity index (χ0v) is 15.9. The molecule has 0 atom stereocenters. The van der Waals surface area contributed by atoms with E-state index in [1.807, 2.05) is 0 Å². The molecule has 1 aliphatic heterocycles. The highest BCUT2D eigenvalue weighted by molar-refractivity contribution is 7.94. The molecule has 0 spiro atoms. The predicted molar refractivity (Wildman–Crippen MR) is 99.1 cm³/mol. The van der Waals surface area contributed by atoms with Crippen LogP contribution in [0.1, 0.15) is 17.5 Å². The van der Waals surface area contributed by atoms with Crippen LogP contribution in [0.25, 0.3) is 0 Å². The Balaban J connectivity index is 1.97. The topological polar surface area (TPSA) is 101 Å². The van der Waals surface area contributed by atoms with Crippen molar-refractivity contribution in [1.29, 1.82) is 0 Å². The summed E-state index contributed by atoms with van der Waals surface area (Å²) >= 11 is 0. The summed E-state index contributed by atoms with van der Waals surface area (Å²) in [5, 5.41) is 0. The highest BCUT2D eigenvalue weighted by Gasteiger charge is 2.36. The molecule has 0 unspecified atom stereocenters. The van der Waals surface area contributed by atoms with E-state index >= 15 is 0 Å². The normalized spacial score (nSPS) is 16.7. The fourth-order valence-electron chi connectivity index (χ4n) is 2.82. The number of rotatable bonds is 4. The molecule has 1 amide bonds. The van der Waals surface area contributed by atoms with Crippen LogP contribution in [0.15, 0.2) is 47.4 Å². The molecular formula is C17H18N2O5S2. The van der Waals surface area contributed by atoms with E-state index in [1.165, 1.54) is 18.2 Å². The molecule has 1 heterocycles. The van der Waals surface area contributed by atoms with E-state index in [0.717, 1.165) is 9.87 Å². The van der Waals surface area contributed by atoms with Gasteiger partial charge in [0.2, 0.25) is 15.9 Å². The minimum absolute atomic E-state index is 0.0218. The summed E-state index contributed by atoms with van der Waals surface area (Å²) in [4.78, 5) is 11.9. The summed E-state index contributed by atoms with van der Waals surface area (Å²) in [5.41, 5.74) is 1.74. The van der Waals surface area contributed by atoms with Crippen LogP contribution in [0, 0.1) is 13.8 Å². The first-order valence-corrected chi connectivity index (χ1v) is 11.0. The second-order valence-corrected chi connectivity index (χ2v) is 9.68. The molecule has 0 aromatic heterocycles. The van der Waals surface area contributed by atoms with Crippen molar-refractivity contribution < 1.29 is 21.6 Å². The van der Waals surface area contributed by atoms with Gasteiger partial charge in [-0.2, -0.15) is 0 Å². The van der Waals surface area contributed by atoms with Gasteiger partial charge in [-0.1, -0.05) is 18.2 Å². The number of nitrogens with one attached hydrogen (secondary N) is 1. The van der Waals surface area contributed by atoms with Gasteiger partial charge in [0.15, 0.2) is 0 Å². The number of carbonyl (C=O) groups excluding carboxylic acids is 1. The number of sulfonamides is 2. The number of nitrogens with zero attached hydrogens (tertiary/aromatic N) is 1. The third-order valence-electron chi connectivity index (χ3n) is 4.15. The van der Waals surface area contributed by atoms with Crippen LogP contribution in [0.2, 0.25) is 0 Å². The quantitative estimate of drug-likeness (QED) is 0.856. The van der Waals surface area contributed by atoms with Crippen LogP contribution in [-0.4, -0.2) is 28.5 Å². The first kappa shape index (κ1) is 18.4. The van der Waals surface area contributed by atoms with Gasteiger partial charge < -0.3 is 0 Å². The molecule has 0 saturated carbocycles. The number of aryl methyl sites for hydroxylation is 2. The lowest BCUT2D eigenvalue weighted by atomic mass is 10.2. The summed E-state index contributed by atoms with van der Waals surface area (Å²) in [6.07, 6.45) is -0.0731. The number of amides is 1. The molecule has 0 radical (unpaired) electrons. The van der Waals surface area contributed by atoms with Gasteiger partial charge >= 0.3 is 0 Å². The summed E-state index contributed by atoms with van der Waals surface area (Å²) in [6.45, 7) is 3.35. The number of benzene rings is 2. The van der Waals surface area contributed by atoms with E-state index in [9.17, 15) is 21.6 Å². The molecule has 1 saturated heterocycles. The van der Waals surface area contributed by atoms with Crippen molar-refractivity contribution in [2.75, 3.05) is 14.8 Å². The highest BCUT2D eigenvalue weighted by atomic mass is 32.2. The maximum absolute atomic E-state index is 12.7. The Morgan fingerprint density at radius 1 is 1.04 bits per heavy atom. The molecule has 26 heavy (non-hydrogen) atoms. The predicted octanol–water partition coefficient (Wildman–Crippen LogP) is 2.17. The lowest BCUT2D eigenvalue weighted by Gasteiger charge is -2.17. The minimum Gasteiger partial charge on any atom is -0.279 e. The molecule has 138 valence electrons. The minimum atomic E-state index is -3.85. The Hall–Kier alpha value is -2.39. The molecule has 2 aromatic carbocycles. The Bertz CT molecular complexity index is 1090. The van der Waals surface area contributed by atoms with E-state index in [4.69, 9.17) is 0 Å². The third-order valence-corrected chi connectivity index (χ3v) is 7.37. The van der Waals surface area contributed by atoms with Crippen LogP contribution in [0.5, 0.6) is 0 Å². The maximum Gasteiger partial charge on any atom is 0.262 e. The number of hydrogen-bond donors (Lipinski definition) is 1. The van der Waals surface area contributed by atoms with E-state index in [1.54, 1.807) is 38.1 Å². The summed E-state index contributed by atoms with van der Waals surface area (Å²) < 4.78 is 52.7. The van der Waals surface area contributed by atoms with Crippen molar-refractivity contribution in [2.24, 2.45) is 0 Å². The molecule has 0 aliphatic carbocycles. The third kappa shape index (κ3) is 3.32. The van der Waals surface area contributed by atoms with Crippen molar-refractivity contribution in [3.63, 3.8) is 0 Å². The van der Waals surface area contributed by atoms with E-state index < -0.39 is 26.0 Å². The maximum atomic E-state index is 12.7. The highest BCUT2D eigenvalue weighted by Crippen LogP contribution is 2.29. The van der Waals surface area contributed by atoms with Crippen LogP contribution in [0.4, 0.5) is 11.4 Å². The molecule has 2 aromatic rings. The smallest absolute Gasteiger partial charge is 0.262 e. The number of anilines is 2. The van der Waals surface area contributed by atoms with Crippen molar-refractivity contribution in [2.45, 2.75) is 25.2 Å². The second-order valence-electron chi connectivity index (χ2n) is 6.09. The Morgan fingerprint density at radius 3 is 2.31 bits per heavy atom. The zero-order chi connectivity index (χ0) is 19.1. The number of para-hydroxylation sites is 1. The van der Waals surface area contributed by atoms with Crippen molar-refractivity contribution >= 4 is 37.3 Å². The van der Waals surface area contributed by atoms with Gasteiger partial charge in [0.1, 0.15) is 0 Å². The van der Waals surface area contributed by atoms with Gasteiger partial charge in [0.25, 0.3) is 10.0 Å². The van der Waals surface area contributed by atoms with Crippen molar-refractivity contribution in [1.82, 2.24) is 0 Å². The average Bonchev–Trinajstić information content (AvgIpc) is 2.82. The number of carbonyl (C=O) groups is 1. The van der Waals surface area contributed by atoms with Crippen molar-refractivity contribution in [3.8, 4) is 0 Å². The van der Waals surface area contributed by atoms with Gasteiger partial charge in [-0.15, -0.1) is 0 Å². The van der Waals surface area contributed by atoms with Crippen LogP contribution < -0.4 is 9.03 Å².